The van der Waals surface area contributed by atoms with E-state index in [0.29, 0.717) is 26.2 Å². The van der Waals surface area contributed by atoms with Gasteiger partial charge in [-0.2, -0.15) is 0 Å². The number of aryl methyl sites for hydroxylation is 1. The summed E-state index contributed by atoms with van der Waals surface area (Å²) in [5.74, 6) is -0.0954. The van der Waals surface area contributed by atoms with E-state index in [1.807, 2.05) is 60.0 Å². The largest absolute Gasteiger partial charge is 0.383 e. The van der Waals surface area contributed by atoms with Gasteiger partial charge in [0.05, 0.1) is 19.7 Å². The van der Waals surface area contributed by atoms with Crippen LogP contribution in [0.2, 0.25) is 5.02 Å². The number of carbonyl (C=O) groups excluding carboxylic acids is 2. The lowest BCUT2D eigenvalue weighted by Crippen LogP contribution is -2.51. The Morgan fingerprint density at radius 3 is 2.50 bits per heavy atom. The van der Waals surface area contributed by atoms with Gasteiger partial charge in [-0.05, 0) is 48.7 Å². The summed E-state index contributed by atoms with van der Waals surface area (Å²) < 4.78 is 5.20. The number of anilines is 1. The van der Waals surface area contributed by atoms with Crippen LogP contribution in [0.25, 0.3) is 0 Å². The normalized spacial score (nSPS) is 14.4. The number of methoxy groups -OCH3 is 1. The second-order valence-electron chi connectivity index (χ2n) is 8.79. The standard InChI is InChI=1S/C26H35ClN4O3/c1-20-6-4-9-24(21(20)2)28-25(32)18-30(14-15-34-3)19-26(33)31-12-10-29(11-13-31)17-22-7-5-8-23(27)16-22/h4-9,16H,10-15,17-19H2,1-3H3,(H,28,32). The number of halogens is 1. The Balaban J connectivity index is 1.50. The SMILES string of the molecule is COCCN(CC(=O)Nc1cccc(C)c1C)CC(=O)N1CCN(Cc2cccc(Cl)c2)CC1. The predicted octanol–water partition coefficient (Wildman–Crippen LogP) is 3.19. The lowest BCUT2D eigenvalue weighted by atomic mass is 10.1. The van der Waals surface area contributed by atoms with Crippen LogP contribution in [0.4, 0.5) is 5.69 Å². The van der Waals surface area contributed by atoms with Gasteiger partial charge in [-0.3, -0.25) is 19.4 Å². The van der Waals surface area contributed by atoms with E-state index in [0.717, 1.165) is 41.5 Å². The second kappa shape index (κ2) is 12.9. The van der Waals surface area contributed by atoms with Crippen molar-refractivity contribution in [3.05, 3.63) is 64.2 Å². The number of nitrogens with zero attached hydrogens (tertiary/aromatic N) is 3. The zero-order valence-corrected chi connectivity index (χ0v) is 21.1. The van der Waals surface area contributed by atoms with E-state index >= 15 is 0 Å². The highest BCUT2D eigenvalue weighted by Gasteiger charge is 2.24. The van der Waals surface area contributed by atoms with Crippen molar-refractivity contribution in [1.29, 1.82) is 0 Å². The molecular formula is C26H35ClN4O3. The summed E-state index contributed by atoms with van der Waals surface area (Å²) in [5, 5.41) is 3.72. The molecule has 0 saturated carbocycles. The Hall–Kier alpha value is -2.45. The van der Waals surface area contributed by atoms with Crippen molar-refractivity contribution >= 4 is 29.1 Å². The van der Waals surface area contributed by atoms with Crippen LogP contribution in [0.1, 0.15) is 16.7 Å². The van der Waals surface area contributed by atoms with E-state index in [2.05, 4.69) is 16.3 Å². The third-order valence-electron chi connectivity index (χ3n) is 6.24. The van der Waals surface area contributed by atoms with Crippen LogP contribution in [0.5, 0.6) is 0 Å². The molecule has 0 aliphatic carbocycles. The number of piperazine rings is 1. The van der Waals surface area contributed by atoms with Gasteiger partial charge in [0, 0.05) is 57.1 Å². The molecule has 8 heteroatoms. The Morgan fingerprint density at radius 1 is 1.06 bits per heavy atom. The third kappa shape index (κ3) is 7.81. The van der Waals surface area contributed by atoms with Gasteiger partial charge >= 0.3 is 0 Å². The molecule has 1 saturated heterocycles. The highest BCUT2D eigenvalue weighted by Crippen LogP contribution is 2.18. The van der Waals surface area contributed by atoms with Crippen molar-refractivity contribution in [3.8, 4) is 0 Å². The van der Waals surface area contributed by atoms with Gasteiger partial charge in [-0.25, -0.2) is 0 Å². The Labute approximate surface area is 207 Å². The number of rotatable bonds is 10. The summed E-state index contributed by atoms with van der Waals surface area (Å²) in [5.41, 5.74) is 4.15. The van der Waals surface area contributed by atoms with E-state index in [9.17, 15) is 9.59 Å². The first-order valence-electron chi connectivity index (χ1n) is 11.7. The van der Waals surface area contributed by atoms with E-state index in [4.69, 9.17) is 16.3 Å². The number of ether oxygens (including phenoxy) is 1. The lowest BCUT2D eigenvalue weighted by Gasteiger charge is -2.35. The van der Waals surface area contributed by atoms with Crippen LogP contribution in [0.3, 0.4) is 0 Å². The molecule has 7 nitrogen and oxygen atoms in total. The average molecular weight is 487 g/mol. The molecule has 0 aromatic heterocycles. The number of carbonyl (C=O) groups is 2. The molecule has 184 valence electrons. The number of benzene rings is 2. The zero-order valence-electron chi connectivity index (χ0n) is 20.3. The van der Waals surface area contributed by atoms with E-state index < -0.39 is 0 Å². The highest BCUT2D eigenvalue weighted by atomic mass is 35.5. The molecule has 2 aromatic carbocycles. The number of amides is 2. The van der Waals surface area contributed by atoms with Gasteiger partial charge in [0.1, 0.15) is 0 Å². The van der Waals surface area contributed by atoms with Crippen LogP contribution >= 0.6 is 11.6 Å². The van der Waals surface area contributed by atoms with Crippen molar-refractivity contribution in [2.75, 3.05) is 64.8 Å². The molecule has 0 radical (unpaired) electrons. The maximum absolute atomic E-state index is 13.0. The molecule has 2 amide bonds. The van der Waals surface area contributed by atoms with Crippen LogP contribution in [0.15, 0.2) is 42.5 Å². The smallest absolute Gasteiger partial charge is 0.238 e. The summed E-state index contributed by atoms with van der Waals surface area (Å²) in [4.78, 5) is 31.8. The number of nitrogens with one attached hydrogen (secondary N) is 1. The van der Waals surface area contributed by atoms with Crippen molar-refractivity contribution in [2.24, 2.45) is 0 Å². The molecule has 3 rings (SSSR count). The molecule has 34 heavy (non-hydrogen) atoms. The third-order valence-corrected chi connectivity index (χ3v) is 6.47. The van der Waals surface area contributed by atoms with E-state index in [-0.39, 0.29) is 24.9 Å². The first-order chi connectivity index (χ1) is 16.4. The van der Waals surface area contributed by atoms with Gasteiger partial charge in [-0.1, -0.05) is 35.9 Å². The molecule has 1 N–H and O–H groups in total. The van der Waals surface area contributed by atoms with Gasteiger partial charge < -0.3 is 15.0 Å². The highest BCUT2D eigenvalue weighted by molar-refractivity contribution is 6.30. The predicted molar refractivity (Wildman–Crippen MR) is 136 cm³/mol. The fourth-order valence-electron chi connectivity index (χ4n) is 4.05. The Morgan fingerprint density at radius 2 is 1.79 bits per heavy atom. The summed E-state index contributed by atoms with van der Waals surface area (Å²) in [7, 11) is 1.62. The van der Waals surface area contributed by atoms with Crippen LogP contribution in [0, 0.1) is 13.8 Å². The quantitative estimate of drug-likeness (QED) is 0.558. The summed E-state index contributed by atoms with van der Waals surface area (Å²) in [6.45, 7) is 9.09. The van der Waals surface area contributed by atoms with Crippen molar-refractivity contribution in [1.82, 2.24) is 14.7 Å². The fraction of sp³-hybridized carbons (Fsp3) is 0.462. The minimum absolute atomic E-state index is 0.0399. The maximum atomic E-state index is 13.0. The minimum atomic E-state index is -0.135. The number of hydrogen-bond acceptors (Lipinski definition) is 5. The molecule has 0 unspecified atom stereocenters. The van der Waals surface area contributed by atoms with Gasteiger partial charge in [-0.15, -0.1) is 0 Å². The van der Waals surface area contributed by atoms with E-state index in [1.165, 1.54) is 5.56 Å². The topological polar surface area (TPSA) is 65.1 Å². The van der Waals surface area contributed by atoms with Gasteiger partial charge in [0.15, 0.2) is 0 Å². The molecule has 1 aliphatic heterocycles. The van der Waals surface area contributed by atoms with Crippen LogP contribution < -0.4 is 5.32 Å². The van der Waals surface area contributed by atoms with Crippen molar-refractivity contribution < 1.29 is 14.3 Å². The monoisotopic (exact) mass is 486 g/mol. The van der Waals surface area contributed by atoms with Crippen molar-refractivity contribution in [3.63, 3.8) is 0 Å². The van der Waals surface area contributed by atoms with Gasteiger partial charge in [0.25, 0.3) is 0 Å². The molecule has 1 aliphatic rings. The summed E-state index contributed by atoms with van der Waals surface area (Å²) >= 11 is 6.09. The lowest BCUT2D eigenvalue weighted by molar-refractivity contribution is -0.134. The molecular weight excluding hydrogens is 452 g/mol. The maximum Gasteiger partial charge on any atom is 0.238 e. The molecule has 0 bridgehead atoms. The fourth-order valence-corrected chi connectivity index (χ4v) is 4.27. The molecule has 1 fully saturated rings. The first-order valence-corrected chi connectivity index (χ1v) is 12.1. The van der Waals surface area contributed by atoms with Gasteiger partial charge in [0.2, 0.25) is 11.8 Å². The molecule has 1 heterocycles. The molecule has 2 aromatic rings. The first kappa shape index (κ1) is 26.2. The minimum Gasteiger partial charge on any atom is -0.383 e. The zero-order chi connectivity index (χ0) is 24.5. The summed E-state index contributed by atoms with van der Waals surface area (Å²) in [6, 6.07) is 13.7. The Kier molecular flexibility index (Phi) is 9.89. The van der Waals surface area contributed by atoms with Crippen LogP contribution in [-0.4, -0.2) is 86.0 Å². The van der Waals surface area contributed by atoms with Crippen molar-refractivity contribution in [2.45, 2.75) is 20.4 Å². The van der Waals surface area contributed by atoms with Crippen LogP contribution in [-0.2, 0) is 20.9 Å². The molecule has 0 spiro atoms. The van der Waals surface area contributed by atoms with E-state index in [1.54, 1.807) is 7.11 Å². The summed E-state index contributed by atoms with van der Waals surface area (Å²) in [6.07, 6.45) is 0. The Bertz CT molecular complexity index is 976. The molecule has 0 atom stereocenters. The average Bonchev–Trinajstić information content (AvgIpc) is 2.81. The number of hydrogen-bond donors (Lipinski definition) is 1. The second-order valence-corrected chi connectivity index (χ2v) is 9.22.